The summed E-state index contributed by atoms with van der Waals surface area (Å²) in [4.78, 5) is 18.2. The maximum absolute atomic E-state index is 12.2. The second-order valence-corrected chi connectivity index (χ2v) is 6.96. The molecule has 3 aromatic rings. The zero-order valence-electron chi connectivity index (χ0n) is 12.9. The first-order chi connectivity index (χ1) is 11.1. The third-order valence-electron chi connectivity index (χ3n) is 3.28. The smallest absolute Gasteiger partial charge is 0.248 e. The van der Waals surface area contributed by atoms with Gasteiger partial charge < -0.3 is 9.32 Å². The quantitative estimate of drug-likeness (QED) is 0.684. The predicted octanol–water partition coefficient (Wildman–Crippen LogP) is 3.15. The van der Waals surface area contributed by atoms with Crippen molar-refractivity contribution in [2.24, 2.45) is 0 Å². The highest BCUT2D eigenvalue weighted by atomic mass is 32.1. The molecular formula is C15H16N4O2S2. The van der Waals surface area contributed by atoms with Crippen LogP contribution in [0.15, 0.2) is 26.6 Å². The summed E-state index contributed by atoms with van der Waals surface area (Å²) in [5.41, 5.74) is 1.83. The van der Waals surface area contributed by atoms with Crippen molar-refractivity contribution in [2.45, 2.75) is 26.3 Å². The molecule has 0 fully saturated rings. The lowest BCUT2D eigenvalue weighted by Gasteiger charge is -2.15. The minimum absolute atomic E-state index is 0.0333. The molecule has 0 spiro atoms. The number of rotatable bonds is 6. The lowest BCUT2D eigenvalue weighted by Crippen LogP contribution is -2.26. The number of aromatic nitrogens is 3. The summed E-state index contributed by atoms with van der Waals surface area (Å²) < 4.78 is 5.58. The summed E-state index contributed by atoms with van der Waals surface area (Å²) in [7, 11) is 1.78. The highest BCUT2D eigenvalue weighted by molar-refractivity contribution is 7.09. The van der Waals surface area contributed by atoms with E-state index in [0.717, 1.165) is 16.3 Å². The number of amides is 1. The van der Waals surface area contributed by atoms with Gasteiger partial charge in [0.05, 0.1) is 17.2 Å². The van der Waals surface area contributed by atoms with Crippen LogP contribution in [0.25, 0.3) is 11.5 Å². The number of aryl methyl sites for hydroxylation is 2. The molecule has 0 aliphatic heterocycles. The maximum atomic E-state index is 12.2. The van der Waals surface area contributed by atoms with Gasteiger partial charge in [0.2, 0.25) is 17.7 Å². The van der Waals surface area contributed by atoms with E-state index in [-0.39, 0.29) is 5.91 Å². The Balaban J connectivity index is 1.52. The molecule has 1 amide bonds. The molecule has 0 saturated carbocycles. The molecule has 0 atom stereocenters. The van der Waals surface area contributed by atoms with E-state index in [1.165, 1.54) is 0 Å². The fraction of sp³-hybridized carbons (Fsp3) is 0.333. The zero-order valence-corrected chi connectivity index (χ0v) is 14.5. The summed E-state index contributed by atoms with van der Waals surface area (Å²) >= 11 is 3.16. The third-order valence-corrected chi connectivity index (χ3v) is 4.78. The van der Waals surface area contributed by atoms with E-state index in [4.69, 9.17) is 4.42 Å². The van der Waals surface area contributed by atoms with Gasteiger partial charge in [0.15, 0.2) is 0 Å². The van der Waals surface area contributed by atoms with Gasteiger partial charge in [0, 0.05) is 36.2 Å². The Morgan fingerprint density at radius 3 is 2.91 bits per heavy atom. The van der Waals surface area contributed by atoms with E-state index in [1.54, 1.807) is 34.6 Å². The molecule has 23 heavy (non-hydrogen) atoms. The Labute approximate surface area is 141 Å². The molecule has 3 rings (SSSR count). The van der Waals surface area contributed by atoms with Gasteiger partial charge in [-0.3, -0.25) is 4.79 Å². The Bertz CT molecular complexity index is 779. The first kappa shape index (κ1) is 15.8. The van der Waals surface area contributed by atoms with Crippen LogP contribution in [0.2, 0.25) is 0 Å². The molecule has 3 aromatic heterocycles. The van der Waals surface area contributed by atoms with Gasteiger partial charge in [-0.15, -0.1) is 21.5 Å². The molecule has 6 nitrogen and oxygen atoms in total. The summed E-state index contributed by atoms with van der Waals surface area (Å²) in [6, 6.07) is 1.93. The first-order valence-corrected chi connectivity index (χ1v) is 8.94. The van der Waals surface area contributed by atoms with E-state index in [2.05, 4.69) is 15.2 Å². The molecule has 120 valence electrons. The van der Waals surface area contributed by atoms with E-state index in [0.29, 0.717) is 31.2 Å². The maximum Gasteiger partial charge on any atom is 0.248 e. The largest absolute Gasteiger partial charge is 0.421 e. The van der Waals surface area contributed by atoms with Crippen LogP contribution in [0.4, 0.5) is 0 Å². The molecule has 8 heteroatoms. The molecule has 0 bridgehead atoms. The van der Waals surface area contributed by atoms with E-state index < -0.39 is 0 Å². The SMILES string of the molecule is Cc1nc(CN(C)C(=O)CCc2nnc(-c3ccsc3)o2)cs1. The standard InChI is InChI=1S/C15H16N4O2S2/c1-10-16-12(9-23-10)7-19(2)14(20)4-3-13-17-18-15(21-13)11-5-6-22-8-11/h5-6,8-9H,3-4,7H2,1-2H3. The fourth-order valence-corrected chi connectivity index (χ4v) is 3.31. The molecule has 0 aromatic carbocycles. The van der Waals surface area contributed by atoms with Crippen molar-refractivity contribution >= 4 is 28.6 Å². The average molecular weight is 348 g/mol. The predicted molar refractivity (Wildman–Crippen MR) is 89.3 cm³/mol. The average Bonchev–Trinajstić information content (AvgIpc) is 3.26. The summed E-state index contributed by atoms with van der Waals surface area (Å²) in [6.45, 7) is 2.48. The molecule has 0 N–H and O–H groups in total. The summed E-state index contributed by atoms with van der Waals surface area (Å²) in [5.74, 6) is 1.02. The number of thiazole rings is 1. The summed E-state index contributed by atoms with van der Waals surface area (Å²) in [6.07, 6.45) is 0.779. The van der Waals surface area contributed by atoms with Crippen molar-refractivity contribution in [3.63, 3.8) is 0 Å². The number of thiophene rings is 1. The molecule has 0 radical (unpaired) electrons. The van der Waals surface area contributed by atoms with E-state index >= 15 is 0 Å². The number of carbonyl (C=O) groups excluding carboxylic acids is 1. The summed E-state index contributed by atoms with van der Waals surface area (Å²) in [5, 5.41) is 14.9. The monoisotopic (exact) mass is 348 g/mol. The first-order valence-electron chi connectivity index (χ1n) is 7.12. The number of hydrogen-bond donors (Lipinski definition) is 0. The fourth-order valence-electron chi connectivity index (χ4n) is 2.07. The van der Waals surface area contributed by atoms with Crippen molar-refractivity contribution in [2.75, 3.05) is 7.05 Å². The zero-order chi connectivity index (χ0) is 16.2. The third kappa shape index (κ3) is 4.02. The highest BCUT2D eigenvalue weighted by Gasteiger charge is 2.14. The van der Waals surface area contributed by atoms with Crippen LogP contribution in [0.5, 0.6) is 0 Å². The van der Waals surface area contributed by atoms with Gasteiger partial charge in [0.1, 0.15) is 0 Å². The minimum atomic E-state index is 0.0333. The molecule has 0 saturated heterocycles. The van der Waals surface area contributed by atoms with Gasteiger partial charge in [-0.1, -0.05) is 0 Å². The van der Waals surface area contributed by atoms with Gasteiger partial charge >= 0.3 is 0 Å². The normalized spacial score (nSPS) is 10.9. The Kier molecular flexibility index (Phi) is 4.82. The van der Waals surface area contributed by atoms with Gasteiger partial charge in [0.25, 0.3) is 0 Å². The van der Waals surface area contributed by atoms with Crippen LogP contribution in [-0.2, 0) is 17.8 Å². The molecule has 3 heterocycles. The van der Waals surface area contributed by atoms with Gasteiger partial charge in [-0.05, 0) is 18.4 Å². The van der Waals surface area contributed by atoms with Gasteiger partial charge in [-0.2, -0.15) is 11.3 Å². The topological polar surface area (TPSA) is 72.1 Å². The van der Waals surface area contributed by atoms with Crippen LogP contribution >= 0.6 is 22.7 Å². The highest BCUT2D eigenvalue weighted by Crippen LogP contribution is 2.21. The molecular weight excluding hydrogens is 332 g/mol. The van der Waals surface area contributed by atoms with Crippen molar-refractivity contribution in [3.05, 3.63) is 38.8 Å². The molecule has 0 aliphatic carbocycles. The van der Waals surface area contributed by atoms with Gasteiger partial charge in [-0.25, -0.2) is 4.98 Å². The lowest BCUT2D eigenvalue weighted by molar-refractivity contribution is -0.130. The number of hydrogen-bond acceptors (Lipinski definition) is 7. The Morgan fingerprint density at radius 2 is 2.22 bits per heavy atom. The lowest BCUT2D eigenvalue weighted by atomic mass is 10.2. The van der Waals surface area contributed by atoms with Crippen molar-refractivity contribution in [1.82, 2.24) is 20.1 Å². The van der Waals surface area contributed by atoms with Crippen LogP contribution < -0.4 is 0 Å². The van der Waals surface area contributed by atoms with E-state index in [1.807, 2.05) is 29.1 Å². The molecule has 0 aliphatic rings. The van der Waals surface area contributed by atoms with Crippen LogP contribution in [0, 0.1) is 6.92 Å². The van der Waals surface area contributed by atoms with Crippen molar-refractivity contribution in [1.29, 1.82) is 0 Å². The molecule has 0 unspecified atom stereocenters. The number of carbonyl (C=O) groups is 1. The minimum Gasteiger partial charge on any atom is -0.421 e. The second kappa shape index (κ2) is 7.01. The van der Waals surface area contributed by atoms with Crippen LogP contribution in [0.1, 0.15) is 23.0 Å². The van der Waals surface area contributed by atoms with Crippen LogP contribution in [-0.4, -0.2) is 33.0 Å². The number of nitrogens with zero attached hydrogens (tertiary/aromatic N) is 4. The van der Waals surface area contributed by atoms with E-state index in [9.17, 15) is 4.79 Å². The Morgan fingerprint density at radius 1 is 1.35 bits per heavy atom. The van der Waals surface area contributed by atoms with Crippen molar-refractivity contribution in [3.8, 4) is 11.5 Å². The second-order valence-electron chi connectivity index (χ2n) is 5.12. The van der Waals surface area contributed by atoms with Crippen molar-refractivity contribution < 1.29 is 9.21 Å². The van der Waals surface area contributed by atoms with Crippen LogP contribution in [0.3, 0.4) is 0 Å². The Hall–Kier alpha value is -2.06.